The highest BCUT2D eigenvalue weighted by molar-refractivity contribution is 5.95. The van der Waals surface area contributed by atoms with E-state index in [-0.39, 0.29) is 12.5 Å². The second-order valence-corrected chi connectivity index (χ2v) is 6.19. The van der Waals surface area contributed by atoms with Crippen molar-refractivity contribution in [3.05, 3.63) is 71.3 Å². The van der Waals surface area contributed by atoms with Crippen LogP contribution in [0.1, 0.15) is 23.6 Å². The van der Waals surface area contributed by atoms with Gasteiger partial charge in [0.15, 0.2) is 6.61 Å². The molecule has 0 aromatic heterocycles. The lowest BCUT2D eigenvalue weighted by Gasteiger charge is -2.10. The average molecular weight is 380 g/mol. The Morgan fingerprint density at radius 2 is 1.82 bits per heavy atom. The number of rotatable bonds is 8. The fourth-order valence-electron chi connectivity index (χ4n) is 2.50. The number of carbonyl (C=O) groups excluding carboxylic acids is 3. The van der Waals surface area contributed by atoms with E-state index in [2.05, 4.69) is 10.6 Å². The first-order chi connectivity index (χ1) is 13.5. The van der Waals surface area contributed by atoms with Crippen molar-refractivity contribution in [2.24, 2.45) is 0 Å². The van der Waals surface area contributed by atoms with Crippen molar-refractivity contribution in [2.45, 2.75) is 20.3 Å². The molecule has 0 bridgehead atoms. The molecule has 0 spiro atoms. The van der Waals surface area contributed by atoms with Crippen molar-refractivity contribution in [3.8, 4) is 0 Å². The van der Waals surface area contributed by atoms with Crippen LogP contribution in [0.5, 0.6) is 0 Å². The highest BCUT2D eigenvalue weighted by Crippen LogP contribution is 2.14. The third-order valence-electron chi connectivity index (χ3n) is 3.92. The zero-order chi connectivity index (χ0) is 20.4. The maximum Gasteiger partial charge on any atom is 0.331 e. The third-order valence-corrected chi connectivity index (χ3v) is 3.92. The van der Waals surface area contributed by atoms with E-state index in [1.54, 1.807) is 12.1 Å². The Bertz CT molecular complexity index is 874. The Labute approximate surface area is 164 Å². The monoisotopic (exact) mass is 380 g/mol. The molecular weight excluding hydrogens is 356 g/mol. The SMILES string of the molecule is CCc1ccccc1NC(=O)CNC(=O)COC(=O)/C=C/c1cccc(C)c1. The number of hydrogen-bond acceptors (Lipinski definition) is 4. The molecule has 0 unspecified atom stereocenters. The van der Waals surface area contributed by atoms with Crippen molar-refractivity contribution in [3.63, 3.8) is 0 Å². The van der Waals surface area contributed by atoms with Gasteiger partial charge in [0.1, 0.15) is 0 Å². The van der Waals surface area contributed by atoms with E-state index in [9.17, 15) is 14.4 Å². The van der Waals surface area contributed by atoms with Crippen LogP contribution in [0.15, 0.2) is 54.6 Å². The molecule has 0 aliphatic carbocycles. The molecule has 2 N–H and O–H groups in total. The third kappa shape index (κ3) is 7.07. The van der Waals surface area contributed by atoms with Crippen LogP contribution in [-0.2, 0) is 25.5 Å². The number of nitrogens with one attached hydrogen (secondary N) is 2. The largest absolute Gasteiger partial charge is 0.452 e. The molecular formula is C22H24N2O4. The Kier molecular flexibility index (Phi) is 7.96. The van der Waals surface area contributed by atoms with Gasteiger partial charge in [0.25, 0.3) is 5.91 Å². The van der Waals surface area contributed by atoms with Gasteiger partial charge in [-0.25, -0.2) is 4.79 Å². The summed E-state index contributed by atoms with van der Waals surface area (Å²) < 4.78 is 4.87. The molecule has 2 aromatic rings. The van der Waals surface area contributed by atoms with Crippen molar-refractivity contribution < 1.29 is 19.1 Å². The Morgan fingerprint density at radius 3 is 2.57 bits per heavy atom. The number of amides is 2. The van der Waals surface area contributed by atoms with Crippen LogP contribution in [-0.4, -0.2) is 30.9 Å². The molecule has 146 valence electrons. The number of anilines is 1. The lowest BCUT2D eigenvalue weighted by Crippen LogP contribution is -2.35. The van der Waals surface area contributed by atoms with E-state index in [1.807, 2.05) is 56.3 Å². The van der Waals surface area contributed by atoms with Crippen LogP contribution in [0.25, 0.3) is 6.08 Å². The van der Waals surface area contributed by atoms with Crippen molar-refractivity contribution in [1.82, 2.24) is 5.32 Å². The number of benzene rings is 2. The van der Waals surface area contributed by atoms with Crippen LogP contribution in [0.3, 0.4) is 0 Å². The average Bonchev–Trinajstić information content (AvgIpc) is 2.69. The molecule has 0 saturated heterocycles. The summed E-state index contributed by atoms with van der Waals surface area (Å²) >= 11 is 0. The number of carbonyl (C=O) groups is 3. The van der Waals surface area contributed by atoms with Crippen molar-refractivity contribution in [1.29, 1.82) is 0 Å². The first kappa shape index (κ1) is 20.9. The number of ether oxygens (including phenoxy) is 1. The molecule has 6 heteroatoms. The van der Waals surface area contributed by atoms with Gasteiger partial charge in [-0.15, -0.1) is 0 Å². The minimum absolute atomic E-state index is 0.201. The predicted octanol–water partition coefficient (Wildman–Crippen LogP) is 2.87. The fraction of sp³-hybridized carbons (Fsp3) is 0.227. The van der Waals surface area contributed by atoms with Gasteiger partial charge in [-0.3, -0.25) is 9.59 Å². The standard InChI is InChI=1S/C22H24N2O4/c1-3-18-9-4-5-10-19(18)24-20(25)14-23-21(26)15-28-22(27)12-11-17-8-6-7-16(2)13-17/h4-13H,3,14-15H2,1-2H3,(H,23,26)(H,24,25)/b12-11+. The van der Waals surface area contributed by atoms with Crippen LogP contribution in [0, 0.1) is 6.92 Å². The highest BCUT2D eigenvalue weighted by Gasteiger charge is 2.09. The van der Waals surface area contributed by atoms with Gasteiger partial charge in [0.05, 0.1) is 6.54 Å². The Balaban J connectivity index is 1.72. The van der Waals surface area contributed by atoms with Gasteiger partial charge in [-0.1, -0.05) is 55.0 Å². The number of para-hydroxylation sites is 1. The van der Waals surface area contributed by atoms with E-state index in [0.717, 1.165) is 28.8 Å². The van der Waals surface area contributed by atoms with Gasteiger partial charge in [-0.05, 0) is 36.6 Å². The minimum atomic E-state index is -0.627. The normalized spacial score (nSPS) is 10.5. The first-order valence-electron chi connectivity index (χ1n) is 9.04. The van der Waals surface area contributed by atoms with Crippen LogP contribution in [0.2, 0.25) is 0 Å². The molecule has 28 heavy (non-hydrogen) atoms. The molecule has 2 rings (SSSR count). The van der Waals surface area contributed by atoms with Gasteiger partial charge in [-0.2, -0.15) is 0 Å². The second-order valence-electron chi connectivity index (χ2n) is 6.19. The second kappa shape index (κ2) is 10.7. The molecule has 0 atom stereocenters. The summed E-state index contributed by atoms with van der Waals surface area (Å²) in [5, 5.41) is 5.18. The fourth-order valence-corrected chi connectivity index (χ4v) is 2.50. The molecule has 2 aromatic carbocycles. The summed E-state index contributed by atoms with van der Waals surface area (Å²) in [6, 6.07) is 15.1. The smallest absolute Gasteiger partial charge is 0.331 e. The van der Waals surface area contributed by atoms with Gasteiger partial charge in [0.2, 0.25) is 5.91 Å². The van der Waals surface area contributed by atoms with Crippen molar-refractivity contribution >= 4 is 29.5 Å². The molecule has 0 aliphatic rings. The summed E-state index contributed by atoms with van der Waals surface area (Å²) in [4.78, 5) is 35.4. The van der Waals surface area contributed by atoms with Crippen LogP contribution < -0.4 is 10.6 Å². The molecule has 2 amide bonds. The maximum atomic E-state index is 12.0. The highest BCUT2D eigenvalue weighted by atomic mass is 16.5. The summed E-state index contributed by atoms with van der Waals surface area (Å²) in [5.74, 6) is -1.52. The zero-order valence-corrected chi connectivity index (χ0v) is 16.0. The quantitative estimate of drug-likeness (QED) is 0.545. The molecule has 0 fully saturated rings. The van der Waals surface area contributed by atoms with Gasteiger partial charge in [0, 0.05) is 11.8 Å². The van der Waals surface area contributed by atoms with E-state index in [1.165, 1.54) is 6.08 Å². The van der Waals surface area contributed by atoms with Gasteiger partial charge < -0.3 is 15.4 Å². The first-order valence-corrected chi connectivity index (χ1v) is 9.04. The summed E-state index contributed by atoms with van der Waals surface area (Å²) in [6.45, 7) is 3.30. The minimum Gasteiger partial charge on any atom is -0.452 e. The Morgan fingerprint density at radius 1 is 1.04 bits per heavy atom. The van der Waals surface area contributed by atoms with Crippen LogP contribution >= 0.6 is 0 Å². The van der Waals surface area contributed by atoms with Crippen molar-refractivity contribution in [2.75, 3.05) is 18.5 Å². The Hall–Kier alpha value is -3.41. The zero-order valence-electron chi connectivity index (χ0n) is 16.0. The number of esters is 1. The van der Waals surface area contributed by atoms with E-state index < -0.39 is 18.5 Å². The maximum absolute atomic E-state index is 12.0. The van der Waals surface area contributed by atoms with Gasteiger partial charge >= 0.3 is 5.97 Å². The molecule has 0 radical (unpaired) electrons. The predicted molar refractivity (Wildman–Crippen MR) is 109 cm³/mol. The number of hydrogen-bond donors (Lipinski definition) is 2. The topological polar surface area (TPSA) is 84.5 Å². The van der Waals surface area contributed by atoms with Crippen LogP contribution in [0.4, 0.5) is 5.69 Å². The summed E-state index contributed by atoms with van der Waals surface area (Å²) in [7, 11) is 0. The van der Waals surface area contributed by atoms with E-state index in [4.69, 9.17) is 4.74 Å². The molecule has 0 heterocycles. The number of aryl methyl sites for hydroxylation is 2. The van der Waals surface area contributed by atoms with E-state index in [0.29, 0.717) is 0 Å². The van der Waals surface area contributed by atoms with E-state index >= 15 is 0 Å². The molecule has 0 aliphatic heterocycles. The summed E-state index contributed by atoms with van der Waals surface area (Å²) in [5.41, 5.74) is 3.67. The lowest BCUT2D eigenvalue weighted by atomic mass is 10.1. The summed E-state index contributed by atoms with van der Waals surface area (Å²) in [6.07, 6.45) is 3.66. The molecule has 0 saturated carbocycles. The molecule has 6 nitrogen and oxygen atoms in total. The lowest BCUT2D eigenvalue weighted by molar-refractivity contribution is -0.143.